The van der Waals surface area contributed by atoms with Gasteiger partial charge in [-0.25, -0.2) is 0 Å². The number of ether oxygens (including phenoxy) is 2. The number of benzene rings is 1. The van der Waals surface area contributed by atoms with Crippen molar-refractivity contribution in [1.82, 2.24) is 5.32 Å². The summed E-state index contributed by atoms with van der Waals surface area (Å²) in [6.07, 6.45) is 0.0824. The predicted molar refractivity (Wildman–Crippen MR) is 80.1 cm³/mol. The van der Waals surface area contributed by atoms with E-state index in [4.69, 9.17) is 9.47 Å². The summed E-state index contributed by atoms with van der Waals surface area (Å²) in [5, 5.41) is 13.0. The molecule has 19 heavy (non-hydrogen) atoms. The molecular weight excluding hydrogens is 378 g/mol. The van der Waals surface area contributed by atoms with Gasteiger partial charge >= 0.3 is 0 Å². The van der Waals surface area contributed by atoms with Crippen molar-refractivity contribution in [3.63, 3.8) is 0 Å². The fourth-order valence-corrected chi connectivity index (χ4v) is 3.24. The lowest BCUT2D eigenvalue weighted by molar-refractivity contribution is -0.137. The van der Waals surface area contributed by atoms with Crippen molar-refractivity contribution in [3.05, 3.63) is 26.6 Å². The van der Waals surface area contributed by atoms with Crippen LogP contribution in [0.1, 0.15) is 19.4 Å². The van der Waals surface area contributed by atoms with Crippen LogP contribution in [0.4, 0.5) is 0 Å². The van der Waals surface area contributed by atoms with Crippen LogP contribution in [0, 0.1) is 0 Å². The zero-order valence-corrected chi connectivity index (χ0v) is 14.0. The SMILES string of the molecule is CC1(C)OCC(CNCc2cc(Br)c(O)c(Br)c2)O1. The van der Waals surface area contributed by atoms with Crippen LogP contribution < -0.4 is 5.32 Å². The van der Waals surface area contributed by atoms with Crippen LogP contribution in [-0.2, 0) is 16.0 Å². The van der Waals surface area contributed by atoms with Gasteiger partial charge < -0.3 is 19.9 Å². The molecule has 0 spiro atoms. The number of hydrogen-bond donors (Lipinski definition) is 2. The zero-order chi connectivity index (χ0) is 14.0. The Morgan fingerprint density at radius 3 is 2.53 bits per heavy atom. The Morgan fingerprint density at radius 2 is 2.00 bits per heavy atom. The molecule has 106 valence electrons. The number of aromatic hydroxyl groups is 1. The van der Waals surface area contributed by atoms with E-state index in [2.05, 4.69) is 37.2 Å². The molecule has 0 saturated carbocycles. The van der Waals surface area contributed by atoms with Crippen LogP contribution in [-0.4, -0.2) is 30.1 Å². The zero-order valence-electron chi connectivity index (χ0n) is 10.9. The summed E-state index contributed by atoms with van der Waals surface area (Å²) >= 11 is 6.63. The lowest BCUT2D eigenvalue weighted by Gasteiger charge is -2.17. The van der Waals surface area contributed by atoms with Crippen molar-refractivity contribution in [2.45, 2.75) is 32.3 Å². The second kappa shape index (κ2) is 6.10. The summed E-state index contributed by atoms with van der Waals surface area (Å²) in [5.41, 5.74) is 1.08. The molecule has 0 radical (unpaired) electrons. The minimum atomic E-state index is -0.475. The fourth-order valence-electron chi connectivity index (χ4n) is 1.96. The standard InChI is InChI=1S/C13H17Br2NO3/c1-13(2)18-7-9(19-13)6-16-5-8-3-10(14)12(17)11(15)4-8/h3-4,9,16-17H,5-7H2,1-2H3. The van der Waals surface area contributed by atoms with Gasteiger partial charge in [-0.3, -0.25) is 0 Å². The van der Waals surface area contributed by atoms with E-state index in [1.54, 1.807) is 0 Å². The minimum Gasteiger partial charge on any atom is -0.506 e. The second-order valence-corrected chi connectivity index (χ2v) is 6.70. The molecule has 1 fully saturated rings. The molecule has 0 aromatic heterocycles. The van der Waals surface area contributed by atoms with E-state index in [1.165, 1.54) is 0 Å². The van der Waals surface area contributed by atoms with Crippen molar-refractivity contribution in [1.29, 1.82) is 0 Å². The molecule has 6 heteroatoms. The summed E-state index contributed by atoms with van der Waals surface area (Å²) in [4.78, 5) is 0. The molecule has 0 bridgehead atoms. The van der Waals surface area contributed by atoms with E-state index in [1.807, 2.05) is 26.0 Å². The lowest BCUT2D eigenvalue weighted by Crippen LogP contribution is -2.30. The first-order chi connectivity index (χ1) is 8.87. The highest BCUT2D eigenvalue weighted by Gasteiger charge is 2.32. The molecule has 2 N–H and O–H groups in total. The third kappa shape index (κ3) is 4.16. The third-order valence-electron chi connectivity index (χ3n) is 2.85. The van der Waals surface area contributed by atoms with E-state index in [0.29, 0.717) is 22.1 Å². The summed E-state index contributed by atoms with van der Waals surface area (Å²) < 4.78 is 12.6. The molecule has 1 aromatic rings. The van der Waals surface area contributed by atoms with Gasteiger partial charge in [0, 0.05) is 13.1 Å². The van der Waals surface area contributed by atoms with Gasteiger partial charge in [-0.1, -0.05) is 0 Å². The van der Waals surface area contributed by atoms with Crippen molar-refractivity contribution < 1.29 is 14.6 Å². The van der Waals surface area contributed by atoms with Gasteiger partial charge in [0.05, 0.1) is 21.7 Å². The van der Waals surface area contributed by atoms with Gasteiger partial charge in [-0.2, -0.15) is 0 Å². The Kier molecular flexibility index (Phi) is 4.89. The van der Waals surface area contributed by atoms with Gasteiger partial charge in [-0.05, 0) is 63.4 Å². The highest BCUT2D eigenvalue weighted by molar-refractivity contribution is 9.11. The van der Waals surface area contributed by atoms with Gasteiger partial charge in [0.25, 0.3) is 0 Å². The van der Waals surface area contributed by atoms with Crippen LogP contribution in [0.15, 0.2) is 21.1 Å². The first-order valence-electron chi connectivity index (χ1n) is 6.07. The Labute approximate surface area is 129 Å². The van der Waals surface area contributed by atoms with Crippen molar-refractivity contribution in [3.8, 4) is 5.75 Å². The van der Waals surface area contributed by atoms with Gasteiger partial charge in [0.2, 0.25) is 0 Å². The van der Waals surface area contributed by atoms with Crippen LogP contribution in [0.2, 0.25) is 0 Å². The third-order valence-corrected chi connectivity index (χ3v) is 4.05. The summed E-state index contributed by atoms with van der Waals surface area (Å²) in [7, 11) is 0. The molecule has 1 atom stereocenters. The molecule has 1 saturated heterocycles. The fraction of sp³-hybridized carbons (Fsp3) is 0.538. The molecule has 1 heterocycles. The molecule has 1 unspecified atom stereocenters. The van der Waals surface area contributed by atoms with Gasteiger partial charge in [-0.15, -0.1) is 0 Å². The number of nitrogens with one attached hydrogen (secondary N) is 1. The molecular formula is C13H17Br2NO3. The van der Waals surface area contributed by atoms with Crippen molar-refractivity contribution in [2.24, 2.45) is 0 Å². The largest absolute Gasteiger partial charge is 0.506 e. The Hall–Kier alpha value is -0.140. The van der Waals surface area contributed by atoms with Gasteiger partial charge in [0.15, 0.2) is 5.79 Å². The summed E-state index contributed by atoms with van der Waals surface area (Å²) in [5.74, 6) is -0.255. The molecule has 0 amide bonds. The van der Waals surface area contributed by atoms with E-state index < -0.39 is 5.79 Å². The number of rotatable bonds is 4. The maximum absolute atomic E-state index is 9.64. The van der Waals surface area contributed by atoms with Crippen LogP contribution >= 0.6 is 31.9 Å². The van der Waals surface area contributed by atoms with E-state index in [-0.39, 0.29) is 11.9 Å². The number of halogens is 2. The van der Waals surface area contributed by atoms with E-state index >= 15 is 0 Å². The Balaban J connectivity index is 1.83. The minimum absolute atomic E-state index is 0.0824. The maximum atomic E-state index is 9.64. The highest BCUT2D eigenvalue weighted by Crippen LogP contribution is 2.33. The van der Waals surface area contributed by atoms with Crippen LogP contribution in [0.25, 0.3) is 0 Å². The monoisotopic (exact) mass is 393 g/mol. The average molecular weight is 395 g/mol. The molecule has 0 aliphatic carbocycles. The predicted octanol–water partition coefficient (Wildman–Crippen LogP) is 3.16. The van der Waals surface area contributed by atoms with Crippen molar-refractivity contribution >= 4 is 31.9 Å². The maximum Gasteiger partial charge on any atom is 0.163 e. The molecule has 1 aromatic carbocycles. The molecule has 1 aliphatic heterocycles. The first kappa shape index (κ1) is 15.3. The highest BCUT2D eigenvalue weighted by atomic mass is 79.9. The second-order valence-electron chi connectivity index (χ2n) is 4.99. The molecule has 2 rings (SSSR count). The molecule has 1 aliphatic rings. The number of phenolic OH excluding ortho intramolecular Hbond substituents is 1. The van der Waals surface area contributed by atoms with Crippen LogP contribution in [0.5, 0.6) is 5.75 Å². The van der Waals surface area contributed by atoms with Crippen molar-refractivity contribution in [2.75, 3.05) is 13.2 Å². The molecule has 4 nitrogen and oxygen atoms in total. The van der Waals surface area contributed by atoms with Crippen LogP contribution in [0.3, 0.4) is 0 Å². The summed E-state index contributed by atoms with van der Waals surface area (Å²) in [6, 6.07) is 3.78. The lowest BCUT2D eigenvalue weighted by atomic mass is 10.2. The Morgan fingerprint density at radius 1 is 1.37 bits per heavy atom. The average Bonchev–Trinajstić information content (AvgIpc) is 2.66. The van der Waals surface area contributed by atoms with Gasteiger partial charge in [0.1, 0.15) is 5.75 Å². The number of phenols is 1. The normalized spacial score (nSPS) is 21.8. The first-order valence-corrected chi connectivity index (χ1v) is 7.65. The Bertz CT molecular complexity index is 442. The van der Waals surface area contributed by atoms with E-state index in [0.717, 1.165) is 12.1 Å². The number of hydrogen-bond acceptors (Lipinski definition) is 4. The van der Waals surface area contributed by atoms with E-state index in [9.17, 15) is 5.11 Å². The topological polar surface area (TPSA) is 50.7 Å². The quantitative estimate of drug-likeness (QED) is 0.823. The smallest absolute Gasteiger partial charge is 0.163 e. The summed E-state index contributed by atoms with van der Waals surface area (Å²) in [6.45, 7) is 5.89.